The minimum Gasteiger partial charge on any atom is -0.268 e. The lowest BCUT2D eigenvalue weighted by atomic mass is 10.2. The molecule has 3 rings (SSSR count). The highest BCUT2D eigenvalue weighted by atomic mass is 79.9. The lowest BCUT2D eigenvalue weighted by Crippen LogP contribution is -2.23. The first-order chi connectivity index (χ1) is 10.1. The van der Waals surface area contributed by atoms with Crippen molar-refractivity contribution in [3.8, 4) is 5.69 Å². The fourth-order valence-electron chi connectivity index (χ4n) is 2.18. The predicted molar refractivity (Wildman–Crippen MR) is 89.6 cm³/mol. The zero-order valence-corrected chi connectivity index (χ0v) is 13.8. The lowest BCUT2D eigenvalue weighted by molar-refractivity contribution is 0.878. The van der Waals surface area contributed by atoms with Crippen molar-refractivity contribution >= 4 is 50.0 Å². The van der Waals surface area contributed by atoms with Gasteiger partial charge >= 0.3 is 0 Å². The molecule has 2 aromatic carbocycles. The number of alkyl halides is 1. The molecule has 0 atom stereocenters. The molecule has 0 fully saturated rings. The van der Waals surface area contributed by atoms with Crippen LogP contribution in [0.2, 0.25) is 5.02 Å². The number of hydrogen-bond acceptors (Lipinski definition) is 2. The number of fused-ring (bicyclic) bond motifs is 1. The molecule has 6 heteroatoms. The van der Waals surface area contributed by atoms with Gasteiger partial charge in [0, 0.05) is 9.50 Å². The number of rotatable bonds is 2. The molecule has 0 saturated carbocycles. The quantitative estimate of drug-likeness (QED) is 0.609. The Labute approximate surface area is 139 Å². The van der Waals surface area contributed by atoms with Crippen LogP contribution in [0, 0.1) is 0 Å². The van der Waals surface area contributed by atoms with Crippen molar-refractivity contribution in [3.05, 3.63) is 68.1 Å². The van der Waals surface area contributed by atoms with Crippen LogP contribution in [0.1, 0.15) is 5.82 Å². The molecule has 0 aliphatic heterocycles. The maximum atomic E-state index is 12.8. The largest absolute Gasteiger partial charge is 0.268 e. The Morgan fingerprint density at radius 3 is 2.67 bits per heavy atom. The Hall–Kier alpha value is -1.36. The Morgan fingerprint density at radius 1 is 1.19 bits per heavy atom. The molecular formula is C15H9BrCl2N2O. The van der Waals surface area contributed by atoms with Gasteiger partial charge in [-0.1, -0.05) is 23.7 Å². The summed E-state index contributed by atoms with van der Waals surface area (Å²) in [6.45, 7) is 0. The molecule has 1 aromatic heterocycles. The van der Waals surface area contributed by atoms with E-state index in [-0.39, 0.29) is 11.4 Å². The molecule has 0 aliphatic rings. The van der Waals surface area contributed by atoms with Crippen molar-refractivity contribution in [3.63, 3.8) is 0 Å². The summed E-state index contributed by atoms with van der Waals surface area (Å²) in [5.74, 6) is 0.623. The van der Waals surface area contributed by atoms with E-state index in [0.29, 0.717) is 31.9 Å². The number of hydrogen-bond donors (Lipinski definition) is 0. The molecule has 0 spiro atoms. The van der Waals surface area contributed by atoms with Crippen LogP contribution in [0.15, 0.2) is 51.7 Å². The van der Waals surface area contributed by atoms with Crippen LogP contribution in [0.5, 0.6) is 0 Å². The number of para-hydroxylation sites is 1. The molecule has 3 nitrogen and oxygen atoms in total. The van der Waals surface area contributed by atoms with E-state index in [1.54, 1.807) is 30.3 Å². The minimum absolute atomic E-state index is 0.134. The first-order valence-corrected chi connectivity index (χ1v) is 7.84. The normalized spacial score (nSPS) is 11.0. The number of benzene rings is 2. The van der Waals surface area contributed by atoms with Crippen molar-refractivity contribution < 1.29 is 0 Å². The molecule has 0 N–H and O–H groups in total. The van der Waals surface area contributed by atoms with E-state index in [9.17, 15) is 4.79 Å². The minimum atomic E-state index is -0.153. The monoisotopic (exact) mass is 382 g/mol. The summed E-state index contributed by atoms with van der Waals surface area (Å²) in [5, 5.41) is 1.13. The first kappa shape index (κ1) is 14.6. The summed E-state index contributed by atoms with van der Waals surface area (Å²) < 4.78 is 2.22. The lowest BCUT2D eigenvalue weighted by Gasteiger charge is -2.13. The van der Waals surface area contributed by atoms with Gasteiger partial charge in [0.15, 0.2) is 0 Å². The van der Waals surface area contributed by atoms with E-state index in [4.69, 9.17) is 23.2 Å². The van der Waals surface area contributed by atoms with Crippen LogP contribution in [0.4, 0.5) is 0 Å². The SMILES string of the molecule is O=c1c2ccccc2nc(CCl)n1-c1ccc(Cl)cc1Br. The first-order valence-electron chi connectivity index (χ1n) is 6.14. The fourth-order valence-corrected chi connectivity index (χ4v) is 3.22. The Kier molecular flexibility index (Phi) is 4.02. The van der Waals surface area contributed by atoms with Crippen LogP contribution < -0.4 is 5.56 Å². The van der Waals surface area contributed by atoms with Gasteiger partial charge in [-0.2, -0.15) is 0 Å². The van der Waals surface area contributed by atoms with E-state index >= 15 is 0 Å². The van der Waals surface area contributed by atoms with Gasteiger partial charge in [0.05, 0.1) is 22.5 Å². The summed E-state index contributed by atoms with van der Waals surface area (Å²) in [6.07, 6.45) is 0. The number of aromatic nitrogens is 2. The van der Waals surface area contributed by atoms with Crippen molar-refractivity contribution in [2.45, 2.75) is 5.88 Å². The van der Waals surface area contributed by atoms with E-state index in [1.165, 1.54) is 4.57 Å². The summed E-state index contributed by atoms with van der Waals surface area (Å²) in [5.41, 5.74) is 1.15. The van der Waals surface area contributed by atoms with Gasteiger partial charge in [0.2, 0.25) is 0 Å². The molecule has 0 amide bonds. The summed E-state index contributed by atoms with van der Waals surface area (Å²) in [7, 11) is 0. The standard InChI is InChI=1S/C15H9BrCl2N2O/c16-11-7-9(18)5-6-13(11)20-14(8-17)19-12-4-2-1-3-10(12)15(20)21/h1-7H,8H2. The molecule has 0 saturated heterocycles. The van der Waals surface area contributed by atoms with Crippen LogP contribution in [0.3, 0.4) is 0 Å². The topological polar surface area (TPSA) is 34.9 Å². The van der Waals surface area contributed by atoms with Gasteiger partial charge < -0.3 is 0 Å². The highest BCUT2D eigenvalue weighted by Gasteiger charge is 2.14. The third kappa shape index (κ3) is 2.59. The molecule has 0 aliphatic carbocycles. The van der Waals surface area contributed by atoms with Gasteiger partial charge in [-0.25, -0.2) is 4.98 Å². The average Bonchev–Trinajstić information content (AvgIpc) is 2.48. The number of halogens is 3. The molecule has 0 unspecified atom stereocenters. The molecule has 0 bridgehead atoms. The Bertz CT molecular complexity index is 892. The van der Waals surface area contributed by atoms with Gasteiger partial charge in [-0.05, 0) is 46.3 Å². The summed E-state index contributed by atoms with van der Waals surface area (Å²) >= 11 is 15.4. The van der Waals surface area contributed by atoms with Crippen LogP contribution in [-0.2, 0) is 5.88 Å². The Morgan fingerprint density at radius 2 is 1.95 bits per heavy atom. The van der Waals surface area contributed by atoms with Crippen molar-refractivity contribution in [2.75, 3.05) is 0 Å². The molecule has 0 radical (unpaired) electrons. The molecule has 21 heavy (non-hydrogen) atoms. The summed E-state index contributed by atoms with van der Waals surface area (Å²) in [4.78, 5) is 17.2. The van der Waals surface area contributed by atoms with Crippen molar-refractivity contribution in [2.24, 2.45) is 0 Å². The van der Waals surface area contributed by atoms with Crippen LogP contribution >= 0.6 is 39.1 Å². The zero-order chi connectivity index (χ0) is 15.0. The molecular weight excluding hydrogens is 375 g/mol. The second-order valence-electron chi connectivity index (χ2n) is 4.42. The third-order valence-electron chi connectivity index (χ3n) is 3.12. The van der Waals surface area contributed by atoms with E-state index in [0.717, 1.165) is 0 Å². The maximum Gasteiger partial charge on any atom is 0.266 e. The molecule has 106 valence electrons. The van der Waals surface area contributed by atoms with Crippen LogP contribution in [-0.4, -0.2) is 9.55 Å². The average molecular weight is 384 g/mol. The van der Waals surface area contributed by atoms with Gasteiger partial charge in [-0.15, -0.1) is 11.6 Å². The second kappa shape index (κ2) is 5.79. The van der Waals surface area contributed by atoms with E-state index in [1.807, 2.05) is 12.1 Å². The Balaban J connectivity index is 2.41. The van der Waals surface area contributed by atoms with E-state index < -0.39 is 0 Å². The highest BCUT2D eigenvalue weighted by molar-refractivity contribution is 9.10. The maximum absolute atomic E-state index is 12.8. The summed E-state index contributed by atoms with van der Waals surface area (Å²) in [6, 6.07) is 12.4. The van der Waals surface area contributed by atoms with E-state index in [2.05, 4.69) is 20.9 Å². The molecule has 1 heterocycles. The molecule has 3 aromatic rings. The number of nitrogens with zero attached hydrogens (tertiary/aromatic N) is 2. The van der Waals surface area contributed by atoms with Gasteiger partial charge in [0.1, 0.15) is 5.82 Å². The smallest absolute Gasteiger partial charge is 0.266 e. The van der Waals surface area contributed by atoms with Crippen molar-refractivity contribution in [1.82, 2.24) is 9.55 Å². The van der Waals surface area contributed by atoms with Gasteiger partial charge in [0.25, 0.3) is 5.56 Å². The second-order valence-corrected chi connectivity index (χ2v) is 5.97. The fraction of sp³-hybridized carbons (Fsp3) is 0.0667. The van der Waals surface area contributed by atoms with Crippen LogP contribution in [0.25, 0.3) is 16.6 Å². The third-order valence-corrected chi connectivity index (χ3v) is 4.22. The van der Waals surface area contributed by atoms with Gasteiger partial charge in [-0.3, -0.25) is 9.36 Å². The highest BCUT2D eigenvalue weighted by Crippen LogP contribution is 2.25. The predicted octanol–water partition coefficient (Wildman–Crippen LogP) is 4.54. The van der Waals surface area contributed by atoms with Crippen molar-refractivity contribution in [1.29, 1.82) is 0 Å². The zero-order valence-electron chi connectivity index (χ0n) is 10.7.